The van der Waals surface area contributed by atoms with Crippen molar-refractivity contribution in [2.75, 3.05) is 0 Å². The van der Waals surface area contributed by atoms with Gasteiger partial charge in [0.25, 0.3) is 11.4 Å². The molecule has 0 aromatic heterocycles. The highest BCUT2D eigenvalue weighted by Crippen LogP contribution is 2.39. The molecule has 2 aliphatic rings. The average molecular weight is 473 g/mol. The lowest BCUT2D eigenvalue weighted by molar-refractivity contribution is -0.687. The monoisotopic (exact) mass is 472 g/mol. The summed E-state index contributed by atoms with van der Waals surface area (Å²) in [5, 5.41) is 2.67. The first kappa shape index (κ1) is 22.9. The van der Waals surface area contributed by atoms with Gasteiger partial charge in [0.15, 0.2) is 0 Å². The zero-order valence-electron chi connectivity index (χ0n) is 22.6. The van der Waals surface area contributed by atoms with Gasteiger partial charge in [0.05, 0.1) is 18.1 Å². The van der Waals surface area contributed by atoms with Gasteiger partial charge in [-0.25, -0.2) is 0 Å². The normalized spacial score (nSPS) is 15.9. The summed E-state index contributed by atoms with van der Waals surface area (Å²) in [6.45, 7) is 16.0. The molecule has 0 amide bonds. The summed E-state index contributed by atoms with van der Waals surface area (Å²) >= 11 is 0. The van der Waals surface area contributed by atoms with E-state index in [2.05, 4.69) is 143 Å². The van der Waals surface area contributed by atoms with E-state index in [-0.39, 0.29) is 17.0 Å². The lowest BCUT2D eigenvalue weighted by Gasteiger charge is -2.19. The van der Waals surface area contributed by atoms with Crippen LogP contribution in [0.2, 0.25) is 0 Å². The number of rotatable bonds is 2. The fraction of sp³-hybridized carbons (Fsp3) is 0.294. The first-order valence-corrected chi connectivity index (χ1v) is 13.1. The first-order chi connectivity index (χ1) is 17.1. The van der Waals surface area contributed by atoms with E-state index >= 15 is 0 Å². The molecule has 0 atom stereocenters. The number of hydrogen-bond acceptors (Lipinski definition) is 0. The summed E-state index contributed by atoms with van der Waals surface area (Å²) in [4.78, 5) is 0. The standard InChI is InChI=1S/C34H36N2/c1-22-35(26-18-14-24(15-19-26)33(2,3)4)31-28-12-8-10-23-11-9-13-29(30(23)28)32(31)36(22)27-20-16-25(17-21-27)34(5,6)7/h8-22H,1-7H3/q+2. The quantitative estimate of drug-likeness (QED) is 0.260. The van der Waals surface area contributed by atoms with Crippen molar-refractivity contribution in [1.29, 1.82) is 0 Å². The Morgan fingerprint density at radius 3 is 1.28 bits per heavy atom. The molecule has 1 aliphatic heterocycles. The largest absolute Gasteiger partial charge is 0.351 e. The van der Waals surface area contributed by atoms with Crippen molar-refractivity contribution < 1.29 is 9.15 Å². The van der Waals surface area contributed by atoms with Crippen molar-refractivity contribution in [3.63, 3.8) is 0 Å². The third-order valence-corrected chi connectivity index (χ3v) is 7.89. The predicted octanol–water partition coefficient (Wildman–Crippen LogP) is 8.07. The van der Waals surface area contributed by atoms with Crippen LogP contribution in [0.25, 0.3) is 10.8 Å². The molecule has 4 aromatic carbocycles. The van der Waals surface area contributed by atoms with Crippen LogP contribution in [0.4, 0.5) is 11.4 Å². The Kier molecular flexibility index (Phi) is 4.92. The van der Waals surface area contributed by atoms with E-state index in [9.17, 15) is 0 Å². The van der Waals surface area contributed by atoms with Gasteiger partial charge in [-0.15, -0.1) is 9.15 Å². The second kappa shape index (κ2) is 7.74. The zero-order valence-corrected chi connectivity index (χ0v) is 22.6. The Labute approximate surface area is 215 Å². The maximum Gasteiger partial charge on any atom is 0.351 e. The summed E-state index contributed by atoms with van der Waals surface area (Å²) in [6.07, 6.45) is 0.152. The number of hydrogen-bond donors (Lipinski definition) is 0. The molecule has 1 heterocycles. The Balaban J connectivity index is 1.60. The van der Waals surface area contributed by atoms with E-state index in [1.54, 1.807) is 0 Å². The molecule has 2 heteroatoms. The molecule has 2 nitrogen and oxygen atoms in total. The minimum atomic E-state index is 0.135. The highest BCUT2D eigenvalue weighted by Gasteiger charge is 2.52. The number of nitrogens with zero attached hydrogens (tertiary/aromatic N) is 2. The second-order valence-electron chi connectivity index (χ2n) is 12.4. The van der Waals surface area contributed by atoms with Crippen LogP contribution >= 0.6 is 0 Å². The molecule has 6 rings (SSSR count). The summed E-state index contributed by atoms with van der Waals surface area (Å²) in [6, 6.07) is 31.9. The van der Waals surface area contributed by atoms with Crippen LogP contribution in [-0.2, 0) is 10.8 Å². The van der Waals surface area contributed by atoms with Gasteiger partial charge in [-0.05, 0) is 39.5 Å². The van der Waals surface area contributed by atoms with E-state index in [4.69, 9.17) is 0 Å². The molecule has 4 aromatic rings. The molecule has 0 bridgehead atoms. The molecule has 1 aliphatic carbocycles. The molecule has 0 radical (unpaired) electrons. The maximum absolute atomic E-state index is 2.54. The van der Waals surface area contributed by atoms with Crippen LogP contribution < -0.4 is 0 Å². The van der Waals surface area contributed by atoms with Crippen molar-refractivity contribution in [2.24, 2.45) is 0 Å². The summed E-state index contributed by atoms with van der Waals surface area (Å²) in [7, 11) is 0. The van der Waals surface area contributed by atoms with Gasteiger partial charge in [0.1, 0.15) is 0 Å². The lowest BCUT2D eigenvalue weighted by atomic mass is 9.87. The van der Waals surface area contributed by atoms with Crippen LogP contribution in [-0.4, -0.2) is 26.7 Å². The van der Waals surface area contributed by atoms with Crippen molar-refractivity contribution >= 4 is 33.6 Å². The SMILES string of the molecule is CC1[N+](c2ccc(C(C)(C)C)cc2)=C2C(=[N+]1c1ccc(C(C)(C)C)cc1)c1cccc3cccc2c13. The first-order valence-electron chi connectivity index (χ1n) is 13.1. The number of fused-ring (bicyclic) bond motifs is 3. The zero-order chi connectivity index (χ0) is 25.4. The maximum atomic E-state index is 2.54. The predicted molar refractivity (Wildman–Crippen MR) is 152 cm³/mol. The highest BCUT2D eigenvalue weighted by atomic mass is 15.3. The Hall–Kier alpha value is -3.52. The fourth-order valence-corrected chi connectivity index (χ4v) is 5.90. The van der Waals surface area contributed by atoms with Crippen LogP contribution in [0.3, 0.4) is 0 Å². The van der Waals surface area contributed by atoms with Crippen molar-refractivity contribution in [3.8, 4) is 0 Å². The van der Waals surface area contributed by atoms with E-state index in [0.717, 1.165) is 0 Å². The molecule has 0 spiro atoms. The molecular formula is C34H36N2+2. The minimum Gasteiger partial charge on any atom is -0.124 e. The van der Waals surface area contributed by atoms with Gasteiger partial charge in [-0.3, -0.25) is 0 Å². The molecule has 36 heavy (non-hydrogen) atoms. The van der Waals surface area contributed by atoms with Crippen LogP contribution in [0, 0.1) is 0 Å². The smallest absolute Gasteiger partial charge is 0.124 e. The van der Waals surface area contributed by atoms with E-state index in [0.29, 0.717) is 0 Å². The summed E-state index contributed by atoms with van der Waals surface area (Å²) < 4.78 is 5.07. The Morgan fingerprint density at radius 2 is 0.917 bits per heavy atom. The Morgan fingerprint density at radius 1 is 0.528 bits per heavy atom. The molecule has 0 saturated heterocycles. The van der Waals surface area contributed by atoms with Gasteiger partial charge in [0.2, 0.25) is 11.4 Å². The summed E-state index contributed by atoms with van der Waals surface area (Å²) in [5.41, 5.74) is 10.8. The molecule has 0 unspecified atom stereocenters. The third-order valence-electron chi connectivity index (χ3n) is 7.89. The van der Waals surface area contributed by atoms with Crippen molar-refractivity contribution in [3.05, 3.63) is 107 Å². The van der Waals surface area contributed by atoms with Crippen molar-refractivity contribution in [2.45, 2.75) is 65.5 Å². The molecule has 0 N–H and O–H groups in total. The van der Waals surface area contributed by atoms with Crippen LogP contribution in [0.5, 0.6) is 0 Å². The van der Waals surface area contributed by atoms with Crippen molar-refractivity contribution in [1.82, 2.24) is 0 Å². The van der Waals surface area contributed by atoms with Crippen LogP contribution in [0.15, 0.2) is 84.9 Å². The summed E-state index contributed by atoms with van der Waals surface area (Å²) in [5.74, 6) is 0. The van der Waals surface area contributed by atoms with E-state index in [1.807, 2.05) is 0 Å². The van der Waals surface area contributed by atoms with Gasteiger partial charge in [-0.1, -0.05) is 90.1 Å². The molecule has 0 fully saturated rings. The highest BCUT2D eigenvalue weighted by molar-refractivity contribution is 6.58. The van der Waals surface area contributed by atoms with Crippen LogP contribution in [0.1, 0.15) is 70.7 Å². The lowest BCUT2D eigenvalue weighted by Crippen LogP contribution is -2.26. The molecule has 180 valence electrons. The molecular weight excluding hydrogens is 436 g/mol. The van der Waals surface area contributed by atoms with Gasteiger partial charge in [-0.2, -0.15) is 0 Å². The van der Waals surface area contributed by atoms with Gasteiger partial charge >= 0.3 is 6.17 Å². The van der Waals surface area contributed by atoms with E-state index in [1.165, 1.54) is 55.8 Å². The third kappa shape index (κ3) is 3.38. The Bertz CT molecular complexity index is 1450. The average Bonchev–Trinajstić information content (AvgIpc) is 3.31. The van der Waals surface area contributed by atoms with E-state index < -0.39 is 0 Å². The topological polar surface area (TPSA) is 6.02 Å². The minimum absolute atomic E-state index is 0.135. The van der Waals surface area contributed by atoms with Gasteiger partial charge < -0.3 is 0 Å². The van der Waals surface area contributed by atoms with Gasteiger partial charge in [0, 0.05) is 29.7 Å². The fourth-order valence-electron chi connectivity index (χ4n) is 5.90. The molecule has 0 saturated carbocycles. The number of benzene rings is 4. The second-order valence-corrected chi connectivity index (χ2v) is 12.4.